The van der Waals surface area contributed by atoms with E-state index in [1.54, 1.807) is 7.05 Å². The Kier molecular flexibility index (Phi) is 6.78. The molecule has 128 valence electrons. The number of carbonyl (C=O) groups excluding carboxylic acids is 1. The number of aliphatic hydroxyl groups excluding tert-OH is 1. The highest BCUT2D eigenvalue weighted by Gasteiger charge is 2.07. The van der Waals surface area contributed by atoms with E-state index < -0.39 is 0 Å². The number of ether oxygens (including phenoxy) is 1. The second-order valence-corrected chi connectivity index (χ2v) is 5.62. The molecule has 0 heterocycles. The normalized spacial score (nSPS) is 10.5. The van der Waals surface area contributed by atoms with Crippen LogP contribution >= 0.6 is 0 Å². The molecule has 0 aromatic heterocycles. The van der Waals surface area contributed by atoms with Gasteiger partial charge in [-0.2, -0.15) is 0 Å². The van der Waals surface area contributed by atoms with Gasteiger partial charge in [0.2, 0.25) is 5.91 Å². The van der Waals surface area contributed by atoms with Crippen molar-refractivity contribution >= 4 is 5.91 Å². The quantitative estimate of drug-likeness (QED) is 0.731. The number of hydrazine groups is 1. The molecule has 0 aliphatic carbocycles. The molecule has 2 N–H and O–H groups in total. The van der Waals surface area contributed by atoms with Crippen LogP contribution in [-0.4, -0.2) is 29.7 Å². The summed E-state index contributed by atoms with van der Waals surface area (Å²) >= 11 is 0. The number of amides is 1. The summed E-state index contributed by atoms with van der Waals surface area (Å²) in [7, 11) is 1.65. The molecule has 0 fully saturated rings. The number of nitrogens with zero attached hydrogens (tertiary/aromatic N) is 1. The summed E-state index contributed by atoms with van der Waals surface area (Å²) in [6.45, 7) is 3.01. The van der Waals surface area contributed by atoms with Crippen LogP contribution in [0.25, 0.3) is 0 Å². The topological polar surface area (TPSA) is 61.8 Å². The highest BCUT2D eigenvalue weighted by molar-refractivity contribution is 5.75. The minimum Gasteiger partial charge on any atom is -0.489 e. The maximum atomic E-state index is 11.5. The molecule has 0 saturated heterocycles. The molecule has 0 spiro atoms. The number of rotatable bonds is 8. The highest BCUT2D eigenvalue weighted by atomic mass is 16.5. The van der Waals surface area contributed by atoms with Crippen molar-refractivity contribution in [2.75, 3.05) is 13.7 Å². The fourth-order valence-electron chi connectivity index (χ4n) is 2.20. The molecule has 2 aromatic carbocycles. The number of nitrogens with one attached hydrogen (secondary N) is 1. The number of aryl methyl sites for hydroxylation is 1. The minimum absolute atomic E-state index is 0.120. The number of benzene rings is 2. The SMILES string of the molecule is Cc1ccccc1COc1ccc(CNN(C)C(=O)CCO)cc1. The van der Waals surface area contributed by atoms with Crippen molar-refractivity contribution in [3.8, 4) is 5.75 Å². The second-order valence-electron chi connectivity index (χ2n) is 5.62. The van der Waals surface area contributed by atoms with Crippen LogP contribution in [-0.2, 0) is 17.9 Å². The van der Waals surface area contributed by atoms with Crippen molar-refractivity contribution in [3.63, 3.8) is 0 Å². The van der Waals surface area contributed by atoms with Gasteiger partial charge in [-0.25, -0.2) is 5.43 Å². The Morgan fingerprint density at radius 2 is 1.88 bits per heavy atom. The Labute approximate surface area is 142 Å². The lowest BCUT2D eigenvalue weighted by atomic mass is 10.1. The first-order valence-corrected chi connectivity index (χ1v) is 7.97. The molecule has 0 aliphatic rings. The minimum atomic E-state index is -0.143. The van der Waals surface area contributed by atoms with Gasteiger partial charge >= 0.3 is 0 Å². The van der Waals surface area contributed by atoms with Gasteiger partial charge in [-0.15, -0.1) is 0 Å². The molecule has 0 radical (unpaired) electrons. The fourth-order valence-corrected chi connectivity index (χ4v) is 2.20. The molecule has 0 bridgehead atoms. The van der Waals surface area contributed by atoms with E-state index in [2.05, 4.69) is 24.5 Å². The summed E-state index contributed by atoms with van der Waals surface area (Å²) in [4.78, 5) is 11.5. The molecule has 24 heavy (non-hydrogen) atoms. The number of aliphatic hydroxyl groups is 1. The Hall–Kier alpha value is -2.37. The lowest BCUT2D eigenvalue weighted by Gasteiger charge is -2.18. The third kappa shape index (κ3) is 5.37. The molecule has 5 nitrogen and oxygen atoms in total. The van der Waals surface area contributed by atoms with Crippen LogP contribution in [0.3, 0.4) is 0 Å². The van der Waals surface area contributed by atoms with Gasteiger partial charge in [0, 0.05) is 13.6 Å². The van der Waals surface area contributed by atoms with E-state index in [9.17, 15) is 4.79 Å². The van der Waals surface area contributed by atoms with E-state index in [1.165, 1.54) is 16.1 Å². The zero-order valence-corrected chi connectivity index (χ0v) is 14.2. The van der Waals surface area contributed by atoms with Crippen LogP contribution in [0.5, 0.6) is 5.75 Å². The van der Waals surface area contributed by atoms with Gasteiger partial charge in [-0.05, 0) is 35.7 Å². The predicted octanol–water partition coefficient (Wildman–Crippen LogP) is 2.42. The molecule has 0 atom stereocenters. The summed E-state index contributed by atoms with van der Waals surface area (Å²) < 4.78 is 5.81. The number of hydrogen-bond donors (Lipinski definition) is 2. The van der Waals surface area contributed by atoms with Gasteiger partial charge in [0.1, 0.15) is 12.4 Å². The van der Waals surface area contributed by atoms with Crippen LogP contribution in [0.4, 0.5) is 0 Å². The van der Waals surface area contributed by atoms with Crippen LogP contribution < -0.4 is 10.2 Å². The van der Waals surface area contributed by atoms with E-state index in [-0.39, 0.29) is 18.9 Å². The van der Waals surface area contributed by atoms with Gasteiger partial charge in [-0.1, -0.05) is 36.4 Å². The van der Waals surface area contributed by atoms with Crippen LogP contribution in [0.2, 0.25) is 0 Å². The lowest BCUT2D eigenvalue weighted by molar-refractivity contribution is -0.133. The first kappa shape index (κ1) is 18.0. The molecule has 0 aliphatic heterocycles. The van der Waals surface area contributed by atoms with Crippen LogP contribution in [0.15, 0.2) is 48.5 Å². The summed E-state index contributed by atoms with van der Waals surface area (Å²) in [5.74, 6) is 0.669. The molecule has 1 amide bonds. The second kappa shape index (κ2) is 9.05. The van der Waals surface area contributed by atoms with Crippen molar-refractivity contribution in [3.05, 3.63) is 65.2 Å². The van der Waals surface area contributed by atoms with Gasteiger partial charge in [-0.3, -0.25) is 9.80 Å². The first-order valence-electron chi connectivity index (χ1n) is 7.97. The Morgan fingerprint density at radius 1 is 1.17 bits per heavy atom. The largest absolute Gasteiger partial charge is 0.489 e. The predicted molar refractivity (Wildman–Crippen MR) is 93.3 cm³/mol. The average Bonchev–Trinajstić information content (AvgIpc) is 2.60. The highest BCUT2D eigenvalue weighted by Crippen LogP contribution is 2.15. The van der Waals surface area contributed by atoms with Crippen molar-refractivity contribution in [1.29, 1.82) is 0 Å². The smallest absolute Gasteiger partial charge is 0.238 e. The Morgan fingerprint density at radius 3 is 2.54 bits per heavy atom. The third-order valence-electron chi connectivity index (χ3n) is 3.80. The number of carbonyl (C=O) groups is 1. The average molecular weight is 328 g/mol. The van der Waals surface area contributed by atoms with E-state index in [0.717, 1.165) is 11.3 Å². The van der Waals surface area contributed by atoms with Crippen molar-refractivity contribution in [2.24, 2.45) is 0 Å². The first-order chi connectivity index (χ1) is 11.6. The van der Waals surface area contributed by atoms with Crippen LogP contribution in [0, 0.1) is 6.92 Å². The summed E-state index contributed by atoms with van der Waals surface area (Å²) in [6, 6.07) is 15.9. The van der Waals surface area contributed by atoms with Gasteiger partial charge in [0.25, 0.3) is 0 Å². The fraction of sp³-hybridized carbons (Fsp3) is 0.316. The molecule has 5 heteroatoms. The monoisotopic (exact) mass is 328 g/mol. The molecule has 0 unspecified atom stereocenters. The molecular formula is C19H24N2O3. The van der Waals surface area contributed by atoms with E-state index >= 15 is 0 Å². The van der Waals surface area contributed by atoms with Crippen molar-refractivity contribution in [1.82, 2.24) is 10.4 Å². The van der Waals surface area contributed by atoms with E-state index in [0.29, 0.717) is 13.2 Å². The van der Waals surface area contributed by atoms with Crippen LogP contribution in [0.1, 0.15) is 23.1 Å². The Bertz CT molecular complexity index is 656. The lowest BCUT2D eigenvalue weighted by Crippen LogP contribution is -2.39. The summed E-state index contributed by atoms with van der Waals surface area (Å²) in [5, 5.41) is 10.2. The zero-order valence-electron chi connectivity index (χ0n) is 14.2. The summed E-state index contributed by atoms with van der Waals surface area (Å²) in [6.07, 6.45) is 0.120. The zero-order chi connectivity index (χ0) is 17.4. The Balaban J connectivity index is 1.82. The molecule has 2 aromatic rings. The van der Waals surface area contributed by atoms with E-state index in [4.69, 9.17) is 9.84 Å². The maximum absolute atomic E-state index is 11.5. The maximum Gasteiger partial charge on any atom is 0.238 e. The molecular weight excluding hydrogens is 304 g/mol. The number of hydrogen-bond acceptors (Lipinski definition) is 4. The van der Waals surface area contributed by atoms with Crippen molar-refractivity contribution in [2.45, 2.75) is 26.5 Å². The molecule has 2 rings (SSSR count). The molecule has 0 saturated carbocycles. The van der Waals surface area contributed by atoms with Crippen molar-refractivity contribution < 1.29 is 14.6 Å². The van der Waals surface area contributed by atoms with E-state index in [1.807, 2.05) is 36.4 Å². The standard InChI is InChI=1S/C19H24N2O3/c1-15-5-3-4-6-17(15)14-24-18-9-7-16(8-10-18)13-20-21(2)19(23)11-12-22/h3-10,20,22H,11-14H2,1-2H3. The van der Waals surface area contributed by atoms with Gasteiger partial charge in [0.15, 0.2) is 0 Å². The third-order valence-corrected chi connectivity index (χ3v) is 3.80. The summed E-state index contributed by atoms with van der Waals surface area (Å²) in [5.41, 5.74) is 6.43. The van der Waals surface area contributed by atoms with Gasteiger partial charge < -0.3 is 9.84 Å². The van der Waals surface area contributed by atoms with Gasteiger partial charge in [0.05, 0.1) is 13.0 Å².